The molecule has 150 valence electrons. The van der Waals surface area contributed by atoms with Crippen molar-refractivity contribution in [2.75, 3.05) is 13.8 Å². The van der Waals surface area contributed by atoms with Crippen molar-refractivity contribution in [1.82, 2.24) is 4.98 Å². The number of ether oxygens (including phenoxy) is 1. The van der Waals surface area contributed by atoms with Crippen LogP contribution in [0.15, 0.2) is 29.8 Å². The number of benzene rings is 1. The molecule has 2 rings (SSSR count). The fraction of sp³-hybridized carbons (Fsp3) is 0.300. The number of aliphatic hydroxyl groups excluding tert-OH is 4. The molecule has 0 saturated carbocycles. The van der Waals surface area contributed by atoms with Gasteiger partial charge < -0.3 is 30.1 Å². The van der Waals surface area contributed by atoms with Crippen molar-refractivity contribution in [1.29, 1.82) is 0 Å². The highest BCUT2D eigenvalue weighted by atomic mass is 16.5. The van der Waals surface area contributed by atoms with Crippen LogP contribution in [-0.4, -0.2) is 51.4 Å². The zero-order chi connectivity index (χ0) is 20.7. The van der Waals surface area contributed by atoms with Gasteiger partial charge in [-0.15, -0.1) is 6.58 Å². The standard InChI is InChI=1S/C20H24N2O6/c1-3-4-14-18(17(7-21-11-26)22-19(14)20(27)28-2)13-6-5-12(8-23)15(9-24)16(13)10-25/h3,5-7,22-26H,1,4,8-11H2,2H3/b21-7+. The summed E-state index contributed by atoms with van der Waals surface area (Å²) in [7, 11) is 1.26. The fourth-order valence-electron chi connectivity index (χ4n) is 3.22. The molecule has 1 aromatic heterocycles. The molecule has 0 bridgehead atoms. The molecule has 2 aromatic rings. The van der Waals surface area contributed by atoms with Gasteiger partial charge in [-0.2, -0.15) is 0 Å². The van der Waals surface area contributed by atoms with E-state index < -0.39 is 12.7 Å². The van der Waals surface area contributed by atoms with Gasteiger partial charge in [-0.3, -0.25) is 4.99 Å². The largest absolute Gasteiger partial charge is 0.464 e. The highest BCUT2D eigenvalue weighted by Gasteiger charge is 2.25. The minimum Gasteiger partial charge on any atom is -0.464 e. The lowest BCUT2D eigenvalue weighted by Gasteiger charge is -2.16. The van der Waals surface area contributed by atoms with Crippen LogP contribution in [0.5, 0.6) is 0 Å². The van der Waals surface area contributed by atoms with Gasteiger partial charge in [0.25, 0.3) is 0 Å². The number of hydrogen-bond donors (Lipinski definition) is 5. The average molecular weight is 388 g/mol. The number of allylic oxidation sites excluding steroid dienone is 1. The summed E-state index contributed by atoms with van der Waals surface area (Å²) in [6.45, 7) is 2.24. The number of esters is 1. The first-order chi connectivity index (χ1) is 13.6. The lowest BCUT2D eigenvalue weighted by atomic mass is 9.89. The van der Waals surface area contributed by atoms with Crippen molar-refractivity contribution in [2.45, 2.75) is 26.2 Å². The maximum atomic E-state index is 12.3. The second-order valence-corrected chi connectivity index (χ2v) is 5.91. The Morgan fingerprint density at radius 1 is 1.14 bits per heavy atom. The Balaban J connectivity index is 2.89. The van der Waals surface area contributed by atoms with Gasteiger partial charge >= 0.3 is 5.97 Å². The predicted molar refractivity (Wildman–Crippen MR) is 104 cm³/mol. The van der Waals surface area contributed by atoms with Gasteiger partial charge in [0.1, 0.15) is 12.4 Å². The summed E-state index contributed by atoms with van der Waals surface area (Å²) >= 11 is 0. The lowest BCUT2D eigenvalue weighted by Crippen LogP contribution is -2.06. The normalized spacial score (nSPS) is 11.2. The third kappa shape index (κ3) is 4.05. The number of hydrogen-bond acceptors (Lipinski definition) is 7. The molecule has 1 heterocycles. The highest BCUT2D eigenvalue weighted by Crippen LogP contribution is 2.36. The first-order valence-electron chi connectivity index (χ1n) is 8.59. The molecule has 8 nitrogen and oxygen atoms in total. The molecule has 0 fully saturated rings. The van der Waals surface area contributed by atoms with E-state index in [4.69, 9.17) is 9.84 Å². The summed E-state index contributed by atoms with van der Waals surface area (Å²) in [4.78, 5) is 19.0. The summed E-state index contributed by atoms with van der Waals surface area (Å²) in [5, 5.41) is 38.3. The number of aliphatic hydroxyl groups is 4. The van der Waals surface area contributed by atoms with Gasteiger partial charge in [0.15, 0.2) is 0 Å². The molecule has 0 unspecified atom stereocenters. The Labute approximate surface area is 162 Å². The maximum absolute atomic E-state index is 12.3. The van der Waals surface area contributed by atoms with Gasteiger partial charge in [-0.25, -0.2) is 4.79 Å². The summed E-state index contributed by atoms with van der Waals surface area (Å²) in [6.07, 6.45) is 3.33. The molecule has 28 heavy (non-hydrogen) atoms. The Bertz CT molecular complexity index is 885. The number of carbonyl (C=O) groups excluding carboxylic acids is 1. The van der Waals surface area contributed by atoms with E-state index >= 15 is 0 Å². The molecule has 8 heteroatoms. The molecule has 5 N–H and O–H groups in total. The molecular weight excluding hydrogens is 364 g/mol. The number of methoxy groups -OCH3 is 1. The van der Waals surface area contributed by atoms with E-state index in [2.05, 4.69) is 16.6 Å². The molecule has 0 radical (unpaired) electrons. The van der Waals surface area contributed by atoms with Crippen LogP contribution in [0.4, 0.5) is 0 Å². The third-order valence-corrected chi connectivity index (χ3v) is 4.46. The Hall–Kier alpha value is -2.78. The average Bonchev–Trinajstić information content (AvgIpc) is 3.08. The summed E-state index contributed by atoms with van der Waals surface area (Å²) in [5.74, 6) is -0.582. The molecule has 0 atom stereocenters. The number of H-pyrrole nitrogens is 1. The van der Waals surface area contributed by atoms with E-state index in [1.165, 1.54) is 13.3 Å². The van der Waals surface area contributed by atoms with Crippen molar-refractivity contribution in [3.8, 4) is 11.1 Å². The Morgan fingerprint density at radius 3 is 2.39 bits per heavy atom. The van der Waals surface area contributed by atoms with Crippen LogP contribution in [0.1, 0.15) is 38.4 Å². The van der Waals surface area contributed by atoms with Crippen molar-refractivity contribution in [2.24, 2.45) is 4.99 Å². The van der Waals surface area contributed by atoms with E-state index in [1.54, 1.807) is 18.2 Å². The number of aromatic nitrogens is 1. The number of nitrogens with one attached hydrogen (secondary N) is 1. The lowest BCUT2D eigenvalue weighted by molar-refractivity contribution is 0.0593. The maximum Gasteiger partial charge on any atom is 0.354 e. The monoisotopic (exact) mass is 388 g/mol. The van der Waals surface area contributed by atoms with Crippen LogP contribution in [0.2, 0.25) is 0 Å². The molecule has 0 spiro atoms. The number of aliphatic imine (C=N–C) groups is 1. The van der Waals surface area contributed by atoms with E-state index in [9.17, 15) is 20.1 Å². The van der Waals surface area contributed by atoms with Gasteiger partial charge in [0.2, 0.25) is 0 Å². The molecular formula is C20H24N2O6. The molecule has 0 aliphatic heterocycles. The van der Waals surface area contributed by atoms with Crippen LogP contribution in [0, 0.1) is 0 Å². The summed E-state index contributed by atoms with van der Waals surface area (Å²) in [5.41, 5.74) is 3.68. The summed E-state index contributed by atoms with van der Waals surface area (Å²) < 4.78 is 4.85. The Morgan fingerprint density at radius 2 is 1.86 bits per heavy atom. The zero-order valence-electron chi connectivity index (χ0n) is 15.6. The second-order valence-electron chi connectivity index (χ2n) is 5.91. The topological polar surface area (TPSA) is 135 Å². The quantitative estimate of drug-likeness (QED) is 0.247. The predicted octanol–water partition coefficient (Wildman–Crippen LogP) is 1.04. The minimum absolute atomic E-state index is 0.206. The number of aromatic amines is 1. The fourth-order valence-corrected chi connectivity index (χ4v) is 3.22. The Kier molecular flexibility index (Phi) is 7.65. The van der Waals surface area contributed by atoms with Crippen molar-refractivity contribution < 1.29 is 30.0 Å². The van der Waals surface area contributed by atoms with Crippen molar-refractivity contribution in [3.05, 3.63) is 58.4 Å². The van der Waals surface area contributed by atoms with Crippen LogP contribution >= 0.6 is 0 Å². The molecule has 0 amide bonds. The number of carbonyl (C=O) groups is 1. The van der Waals surface area contributed by atoms with Crippen LogP contribution in [0.25, 0.3) is 11.1 Å². The van der Waals surface area contributed by atoms with Gasteiger partial charge in [0.05, 0.1) is 32.6 Å². The number of nitrogens with zero attached hydrogens (tertiary/aromatic N) is 1. The SMILES string of the molecule is C=CCc1c(C(=O)OC)[nH]c(/C=N/CO)c1-c1ccc(CO)c(CO)c1CO. The van der Waals surface area contributed by atoms with E-state index in [0.717, 1.165) is 0 Å². The van der Waals surface area contributed by atoms with E-state index in [1.807, 2.05) is 0 Å². The van der Waals surface area contributed by atoms with Crippen LogP contribution in [-0.2, 0) is 31.0 Å². The van der Waals surface area contributed by atoms with Crippen LogP contribution in [0.3, 0.4) is 0 Å². The van der Waals surface area contributed by atoms with Gasteiger partial charge in [-0.1, -0.05) is 18.2 Å². The van der Waals surface area contributed by atoms with Crippen LogP contribution < -0.4 is 0 Å². The van der Waals surface area contributed by atoms with Crippen molar-refractivity contribution in [3.63, 3.8) is 0 Å². The zero-order valence-corrected chi connectivity index (χ0v) is 15.6. The molecule has 0 aliphatic carbocycles. The van der Waals surface area contributed by atoms with E-state index in [0.29, 0.717) is 45.5 Å². The van der Waals surface area contributed by atoms with Gasteiger partial charge in [-0.05, 0) is 34.2 Å². The second kappa shape index (κ2) is 9.95. The minimum atomic E-state index is -0.582. The summed E-state index contributed by atoms with van der Waals surface area (Å²) in [6, 6.07) is 3.35. The van der Waals surface area contributed by atoms with Gasteiger partial charge in [0, 0.05) is 11.8 Å². The molecule has 0 saturated heterocycles. The first-order valence-corrected chi connectivity index (χ1v) is 8.59. The van der Waals surface area contributed by atoms with E-state index in [-0.39, 0.29) is 25.5 Å². The number of rotatable bonds is 9. The molecule has 1 aromatic carbocycles. The smallest absolute Gasteiger partial charge is 0.354 e. The highest BCUT2D eigenvalue weighted by molar-refractivity contribution is 5.99. The molecule has 0 aliphatic rings. The first kappa shape index (κ1) is 21.5. The third-order valence-electron chi connectivity index (χ3n) is 4.46. The van der Waals surface area contributed by atoms with Crippen molar-refractivity contribution >= 4 is 12.2 Å².